The number of aromatic nitrogens is 1. The summed E-state index contributed by atoms with van der Waals surface area (Å²) >= 11 is 0. The van der Waals surface area contributed by atoms with Crippen LogP contribution in [0, 0.1) is 12.3 Å². The highest BCUT2D eigenvalue weighted by Gasteiger charge is 2.42. The lowest BCUT2D eigenvalue weighted by atomic mass is 9.87. The summed E-state index contributed by atoms with van der Waals surface area (Å²) in [5.74, 6) is 1.70. The maximum Gasteiger partial charge on any atom is 0.257 e. The number of rotatable bonds is 2. The predicted octanol–water partition coefficient (Wildman–Crippen LogP) is 2.35. The lowest BCUT2D eigenvalue weighted by Crippen LogP contribution is -2.43. The molecule has 2 aliphatic rings. The van der Waals surface area contributed by atoms with Crippen molar-refractivity contribution >= 4 is 11.7 Å². The Kier molecular flexibility index (Phi) is 4.21. The highest BCUT2D eigenvalue weighted by atomic mass is 16.5. The molecule has 6 heteroatoms. The number of amides is 1. The van der Waals surface area contributed by atoms with Crippen molar-refractivity contribution in [3.63, 3.8) is 0 Å². The third-order valence-corrected chi connectivity index (χ3v) is 5.23. The number of hydrogen-bond donors (Lipinski definition) is 0. The van der Waals surface area contributed by atoms with E-state index in [0.717, 1.165) is 25.3 Å². The molecule has 132 valence electrons. The molecule has 25 heavy (non-hydrogen) atoms. The smallest absolute Gasteiger partial charge is 0.257 e. The number of pyridine rings is 1. The van der Waals surface area contributed by atoms with Gasteiger partial charge >= 0.3 is 0 Å². The van der Waals surface area contributed by atoms with Crippen LogP contribution in [-0.4, -0.2) is 55.2 Å². The maximum absolute atomic E-state index is 12.9. The van der Waals surface area contributed by atoms with Crippen LogP contribution in [-0.2, 0) is 4.74 Å². The molecule has 0 aliphatic carbocycles. The van der Waals surface area contributed by atoms with Crippen molar-refractivity contribution in [1.29, 1.82) is 0 Å². The molecule has 0 N–H and O–H groups in total. The van der Waals surface area contributed by atoms with Crippen LogP contribution in [0.25, 0.3) is 0 Å². The van der Waals surface area contributed by atoms with Gasteiger partial charge in [-0.2, -0.15) is 0 Å². The van der Waals surface area contributed by atoms with E-state index in [1.807, 2.05) is 36.2 Å². The molecule has 2 aliphatic heterocycles. The van der Waals surface area contributed by atoms with Crippen LogP contribution in [0.15, 0.2) is 41.1 Å². The lowest BCUT2D eigenvalue weighted by molar-refractivity contribution is 0.0689. The Labute approximate surface area is 147 Å². The van der Waals surface area contributed by atoms with Crippen LogP contribution in [0.4, 0.5) is 5.82 Å². The first-order valence-electron chi connectivity index (χ1n) is 8.74. The second-order valence-corrected chi connectivity index (χ2v) is 7.03. The fourth-order valence-corrected chi connectivity index (χ4v) is 3.86. The number of hydrogen-bond acceptors (Lipinski definition) is 5. The second kappa shape index (κ2) is 6.52. The number of carbonyl (C=O) groups is 1. The molecule has 4 heterocycles. The maximum atomic E-state index is 12.9. The van der Waals surface area contributed by atoms with E-state index in [4.69, 9.17) is 9.15 Å². The fraction of sp³-hybridized carbons (Fsp3) is 0.474. The van der Waals surface area contributed by atoms with E-state index in [9.17, 15) is 4.79 Å². The highest BCUT2D eigenvalue weighted by molar-refractivity contribution is 5.95. The molecular formula is C19H23N3O3. The van der Waals surface area contributed by atoms with Crippen molar-refractivity contribution in [3.8, 4) is 0 Å². The first kappa shape index (κ1) is 16.1. The molecule has 2 aromatic heterocycles. The van der Waals surface area contributed by atoms with Crippen molar-refractivity contribution in [1.82, 2.24) is 9.88 Å². The van der Waals surface area contributed by atoms with E-state index in [1.165, 1.54) is 0 Å². The van der Waals surface area contributed by atoms with E-state index in [0.29, 0.717) is 37.6 Å². The van der Waals surface area contributed by atoms with Crippen LogP contribution in [0.1, 0.15) is 22.5 Å². The molecule has 2 fully saturated rings. The molecule has 2 saturated heterocycles. The van der Waals surface area contributed by atoms with Gasteiger partial charge in [-0.05, 0) is 31.5 Å². The van der Waals surface area contributed by atoms with E-state index in [1.54, 1.807) is 12.3 Å². The Morgan fingerprint density at radius 1 is 1.24 bits per heavy atom. The van der Waals surface area contributed by atoms with Crippen molar-refractivity contribution in [2.45, 2.75) is 13.3 Å². The summed E-state index contributed by atoms with van der Waals surface area (Å²) < 4.78 is 11.2. The van der Waals surface area contributed by atoms with Crippen LogP contribution in [0.5, 0.6) is 0 Å². The molecule has 6 nitrogen and oxygen atoms in total. The number of anilines is 1. The number of nitrogens with zero attached hydrogens (tertiary/aromatic N) is 3. The summed E-state index contributed by atoms with van der Waals surface area (Å²) in [6, 6.07) is 7.73. The van der Waals surface area contributed by atoms with E-state index < -0.39 is 0 Å². The summed E-state index contributed by atoms with van der Waals surface area (Å²) in [6.45, 7) is 6.22. The minimum absolute atomic E-state index is 0.0346. The topological polar surface area (TPSA) is 58.8 Å². The summed E-state index contributed by atoms with van der Waals surface area (Å²) in [7, 11) is 0. The fourth-order valence-electron chi connectivity index (χ4n) is 3.86. The first-order valence-corrected chi connectivity index (χ1v) is 8.74. The largest absolute Gasteiger partial charge is 0.469 e. The van der Waals surface area contributed by atoms with Gasteiger partial charge in [-0.1, -0.05) is 6.07 Å². The molecule has 0 aromatic carbocycles. The van der Waals surface area contributed by atoms with E-state index in [-0.39, 0.29) is 11.3 Å². The quantitative estimate of drug-likeness (QED) is 0.839. The third-order valence-electron chi connectivity index (χ3n) is 5.23. The zero-order valence-corrected chi connectivity index (χ0v) is 14.5. The summed E-state index contributed by atoms with van der Waals surface area (Å²) in [5, 5.41) is 0. The Morgan fingerprint density at radius 3 is 2.92 bits per heavy atom. The predicted molar refractivity (Wildman–Crippen MR) is 93.7 cm³/mol. The molecule has 0 bridgehead atoms. The molecule has 4 rings (SSSR count). The van der Waals surface area contributed by atoms with Crippen LogP contribution in [0.3, 0.4) is 0 Å². The van der Waals surface area contributed by atoms with Gasteiger partial charge in [0.2, 0.25) is 0 Å². The van der Waals surface area contributed by atoms with Gasteiger partial charge in [-0.3, -0.25) is 4.79 Å². The van der Waals surface area contributed by atoms with E-state index in [2.05, 4.69) is 9.88 Å². The molecule has 0 unspecified atom stereocenters. The Balaban J connectivity index is 1.52. The van der Waals surface area contributed by atoms with Gasteiger partial charge in [0, 0.05) is 37.8 Å². The Hall–Kier alpha value is -2.34. The third kappa shape index (κ3) is 3.14. The SMILES string of the molecule is Cc1occc1C(=O)N1CCOC[C@@]2(CCN(c3ccccn3)C2)C1. The number of aryl methyl sites for hydroxylation is 1. The highest BCUT2D eigenvalue weighted by Crippen LogP contribution is 2.35. The summed E-state index contributed by atoms with van der Waals surface area (Å²) in [5.41, 5.74) is 0.609. The van der Waals surface area contributed by atoms with Gasteiger partial charge in [0.25, 0.3) is 5.91 Å². The average Bonchev–Trinajstić information content (AvgIpc) is 3.18. The van der Waals surface area contributed by atoms with Crippen molar-refractivity contribution in [3.05, 3.63) is 48.0 Å². The standard InChI is InChI=1S/C19H23N3O3/c1-15-16(5-10-25-15)18(23)22-9-11-24-14-19(13-22)6-8-21(12-19)17-4-2-3-7-20-17/h2-5,7,10H,6,8-9,11-14H2,1H3/t19-/m1/s1. The second-order valence-electron chi connectivity index (χ2n) is 7.03. The zero-order chi connectivity index (χ0) is 17.3. The van der Waals surface area contributed by atoms with Crippen molar-refractivity contribution in [2.24, 2.45) is 5.41 Å². The zero-order valence-electron chi connectivity index (χ0n) is 14.5. The van der Waals surface area contributed by atoms with E-state index >= 15 is 0 Å². The monoisotopic (exact) mass is 341 g/mol. The number of carbonyl (C=O) groups excluding carboxylic acids is 1. The number of furan rings is 1. The lowest BCUT2D eigenvalue weighted by Gasteiger charge is -2.32. The molecule has 0 radical (unpaired) electrons. The van der Waals surface area contributed by atoms with Gasteiger partial charge in [-0.25, -0.2) is 4.98 Å². The molecule has 2 aromatic rings. The molecule has 1 atom stereocenters. The molecular weight excluding hydrogens is 318 g/mol. The van der Waals surface area contributed by atoms with Gasteiger partial charge in [0.05, 0.1) is 25.0 Å². The normalized spacial score (nSPS) is 23.9. The minimum Gasteiger partial charge on any atom is -0.469 e. The van der Waals surface area contributed by atoms with Gasteiger partial charge in [0.15, 0.2) is 0 Å². The minimum atomic E-state index is -0.0404. The van der Waals surface area contributed by atoms with Crippen LogP contribution in [0.2, 0.25) is 0 Å². The first-order chi connectivity index (χ1) is 12.2. The molecule has 0 saturated carbocycles. The van der Waals surface area contributed by atoms with Gasteiger partial charge < -0.3 is 19.0 Å². The molecule has 1 spiro atoms. The average molecular weight is 341 g/mol. The van der Waals surface area contributed by atoms with Crippen molar-refractivity contribution in [2.75, 3.05) is 44.3 Å². The van der Waals surface area contributed by atoms with Crippen LogP contribution >= 0.6 is 0 Å². The van der Waals surface area contributed by atoms with Crippen LogP contribution < -0.4 is 4.90 Å². The number of ether oxygens (including phenoxy) is 1. The van der Waals surface area contributed by atoms with Gasteiger partial charge in [0.1, 0.15) is 11.6 Å². The Bertz CT molecular complexity index is 745. The van der Waals surface area contributed by atoms with Gasteiger partial charge in [-0.15, -0.1) is 0 Å². The summed E-state index contributed by atoms with van der Waals surface area (Å²) in [6.07, 6.45) is 4.39. The summed E-state index contributed by atoms with van der Waals surface area (Å²) in [4.78, 5) is 21.6. The van der Waals surface area contributed by atoms with Crippen molar-refractivity contribution < 1.29 is 13.9 Å². The molecule has 1 amide bonds. The Morgan fingerprint density at radius 2 is 2.16 bits per heavy atom.